The smallest absolute Gasteiger partial charge is 0.346 e. The first kappa shape index (κ1) is 17.3. The van der Waals surface area contributed by atoms with E-state index in [0.29, 0.717) is 5.56 Å². The number of carbonyl (C=O) groups is 4. The van der Waals surface area contributed by atoms with Crippen LogP contribution in [0.15, 0.2) is 42.5 Å². The second-order valence-electron chi connectivity index (χ2n) is 7.22. The number of nitrogens with one attached hydrogen (secondary N) is 2. The number of nitrogens with zero attached hydrogens (tertiary/aromatic N) is 1. The van der Waals surface area contributed by atoms with Crippen LogP contribution in [0, 0.1) is 0 Å². The van der Waals surface area contributed by atoms with Crippen LogP contribution in [0.4, 0.5) is 8.78 Å². The summed E-state index contributed by atoms with van der Waals surface area (Å²) in [5.74, 6) is -8.66. The quantitative estimate of drug-likeness (QED) is 0.663. The van der Waals surface area contributed by atoms with Crippen molar-refractivity contribution in [2.24, 2.45) is 0 Å². The summed E-state index contributed by atoms with van der Waals surface area (Å²) in [6.45, 7) is -0.730. The predicted molar refractivity (Wildman–Crippen MR) is 110 cm³/mol. The molecule has 0 saturated carbocycles. The lowest BCUT2D eigenvalue weighted by Gasteiger charge is -2.29. The monoisotopic (exact) mass is 465 g/mol. The second-order valence-corrected chi connectivity index (χ2v) is 7.66. The molecule has 2 aliphatic heterocycles. The zero-order chi connectivity index (χ0) is 26.5. The molecule has 7 nitrogen and oxygen atoms in total. The van der Waals surface area contributed by atoms with Crippen molar-refractivity contribution in [3.63, 3.8) is 0 Å². The van der Waals surface area contributed by atoms with Crippen LogP contribution in [-0.4, -0.2) is 34.6 Å². The van der Waals surface area contributed by atoms with Gasteiger partial charge in [-0.25, -0.2) is 0 Å². The molecule has 0 aromatic heterocycles. The minimum absolute atomic E-state index is 0.0144. The fourth-order valence-corrected chi connectivity index (χ4v) is 3.60. The molecule has 2 aromatic carbocycles. The highest BCUT2D eigenvalue weighted by atomic mass is 35.5. The van der Waals surface area contributed by atoms with E-state index in [9.17, 15) is 28.0 Å². The van der Waals surface area contributed by atoms with E-state index >= 15 is 0 Å². The van der Waals surface area contributed by atoms with Crippen molar-refractivity contribution >= 4 is 35.2 Å². The molecule has 10 heteroatoms. The van der Waals surface area contributed by atoms with E-state index in [2.05, 4.69) is 0 Å². The summed E-state index contributed by atoms with van der Waals surface area (Å²) >= 11 is 5.69. The maximum absolute atomic E-state index is 14.6. The van der Waals surface area contributed by atoms with Gasteiger partial charge in [-0.2, -0.15) is 8.78 Å². The van der Waals surface area contributed by atoms with Gasteiger partial charge >= 0.3 is 5.92 Å². The zero-order valence-electron chi connectivity index (χ0n) is 20.3. The van der Waals surface area contributed by atoms with Crippen LogP contribution >= 0.6 is 11.6 Å². The first-order chi connectivity index (χ1) is 16.8. The van der Waals surface area contributed by atoms with Crippen molar-refractivity contribution in [2.45, 2.75) is 37.8 Å². The summed E-state index contributed by atoms with van der Waals surface area (Å²) in [5.41, 5.74) is 0.119. The number of hydrogen-bond donors (Lipinski definition) is 2. The lowest BCUT2D eigenvalue weighted by molar-refractivity contribution is -0.147. The lowest BCUT2D eigenvalue weighted by Crippen LogP contribution is -2.52. The molecule has 32 heavy (non-hydrogen) atoms. The Morgan fingerprint density at radius 1 is 1.28 bits per heavy atom. The molecule has 0 aliphatic carbocycles. The summed E-state index contributed by atoms with van der Waals surface area (Å²) in [7, 11) is 0. The number of benzene rings is 2. The Hall–Kier alpha value is -3.33. The van der Waals surface area contributed by atoms with E-state index in [-0.39, 0.29) is 33.3 Å². The minimum atomic E-state index is -3.98. The van der Waals surface area contributed by atoms with Gasteiger partial charge in [-0.3, -0.25) is 24.5 Å². The Kier molecular flexibility index (Phi) is 4.48. The molecule has 2 heterocycles. The summed E-state index contributed by atoms with van der Waals surface area (Å²) in [4.78, 5) is 50.5. The lowest BCUT2D eigenvalue weighted by atomic mass is 10.0. The van der Waals surface area contributed by atoms with Crippen LogP contribution in [0.2, 0.25) is 7.85 Å². The van der Waals surface area contributed by atoms with Crippen molar-refractivity contribution < 1.29 is 33.5 Å². The molecule has 166 valence electrons. The van der Waals surface area contributed by atoms with Gasteiger partial charge in [0, 0.05) is 38.4 Å². The van der Waals surface area contributed by atoms with Gasteiger partial charge < -0.3 is 10.2 Å². The molecule has 4 rings (SSSR count). The fraction of sp³-hybridized carbons (Fsp3) is 0.273. The molecule has 2 aromatic rings. The standard InChI is InChI=1S/C22H18ClF2N3O4/c23-15-4-2-14(3-5-15)22(24,25)21(32)26-10-12-1-6-16-13(9-12)11-28(20(16)31)17-7-8-18(29)27-19(17)30/h1-6,9,17H,7-8,10-11H2,(H,26,32)(H,27,29,30)/i7D,8D/hD2. The Balaban J connectivity index is 1.51. The summed E-state index contributed by atoms with van der Waals surface area (Å²) in [5, 5.41) is 0.293. The molecule has 4 amide bonds. The molecule has 1 saturated heterocycles. The Labute approximate surface area is 192 Å². The third-order valence-electron chi connectivity index (χ3n) is 5.11. The maximum atomic E-state index is 14.6. The minimum Gasteiger partial charge on any atom is -0.346 e. The number of alkyl halides is 2. The van der Waals surface area contributed by atoms with E-state index in [1.807, 2.05) is 0 Å². The SMILES string of the molecule is [2H]C1C(=O)N([2H])C(=O)C(N2Cc3cc(CN([2H])C(=O)C(F)(F)c4ccc(Cl)cc4)ccc3C2=O)C1[2H]. The Bertz CT molecular complexity index is 1270. The highest BCUT2D eigenvalue weighted by Crippen LogP contribution is 2.30. The topological polar surface area (TPSA) is 95.6 Å². The van der Waals surface area contributed by atoms with E-state index in [1.165, 1.54) is 30.3 Å². The third-order valence-corrected chi connectivity index (χ3v) is 5.36. The number of fused-ring (bicyclic) bond motifs is 1. The second kappa shape index (κ2) is 8.31. The van der Waals surface area contributed by atoms with E-state index in [1.54, 1.807) is 0 Å². The molecule has 0 radical (unpaired) electrons. The number of rotatable bonds is 5. The summed E-state index contributed by atoms with van der Waals surface area (Å²) in [6.07, 6.45) is -3.32. The molecular weight excluding hydrogens is 444 g/mol. The number of imide groups is 1. The maximum Gasteiger partial charge on any atom is 0.349 e. The van der Waals surface area contributed by atoms with E-state index in [0.717, 1.165) is 17.0 Å². The van der Waals surface area contributed by atoms with Gasteiger partial charge in [0.2, 0.25) is 11.8 Å². The van der Waals surface area contributed by atoms with Crippen LogP contribution in [0.25, 0.3) is 0 Å². The van der Waals surface area contributed by atoms with Crippen LogP contribution in [0.5, 0.6) is 0 Å². The molecule has 3 atom stereocenters. The van der Waals surface area contributed by atoms with Crippen molar-refractivity contribution in [3.05, 3.63) is 69.7 Å². The van der Waals surface area contributed by atoms with Gasteiger partial charge in [0.15, 0.2) is 2.82 Å². The van der Waals surface area contributed by atoms with E-state index < -0.39 is 60.5 Å². The van der Waals surface area contributed by atoms with Crippen molar-refractivity contribution in [3.8, 4) is 0 Å². The fourth-order valence-electron chi connectivity index (χ4n) is 3.47. The third kappa shape index (κ3) is 4.08. The average molecular weight is 466 g/mol. The van der Waals surface area contributed by atoms with Gasteiger partial charge in [0.1, 0.15) is 6.04 Å². The number of hydrogen-bond acceptors (Lipinski definition) is 4. The highest BCUT2D eigenvalue weighted by molar-refractivity contribution is 6.30. The number of amides is 4. The van der Waals surface area contributed by atoms with Crippen molar-refractivity contribution in [1.29, 1.82) is 0 Å². The van der Waals surface area contributed by atoms with Gasteiger partial charge in [-0.15, -0.1) is 0 Å². The first-order valence-electron chi connectivity index (χ1n) is 11.5. The van der Waals surface area contributed by atoms with E-state index in [4.69, 9.17) is 17.2 Å². The number of carbonyl (C=O) groups excluding carboxylic acids is 4. The van der Waals surface area contributed by atoms with Gasteiger partial charge in [0.05, 0.1) is 0 Å². The molecule has 0 bridgehead atoms. The predicted octanol–water partition coefficient (Wildman–Crippen LogP) is 2.51. The Morgan fingerprint density at radius 3 is 2.72 bits per heavy atom. The van der Waals surface area contributed by atoms with Gasteiger partial charge in [0.25, 0.3) is 11.8 Å². The zero-order valence-corrected chi connectivity index (χ0v) is 17.1. The van der Waals surface area contributed by atoms with Crippen LogP contribution in [0.1, 0.15) is 42.6 Å². The first-order valence-corrected chi connectivity index (χ1v) is 9.81. The highest BCUT2D eigenvalue weighted by Gasteiger charge is 2.41. The van der Waals surface area contributed by atoms with Crippen LogP contribution in [0.3, 0.4) is 0 Å². The van der Waals surface area contributed by atoms with Gasteiger partial charge in [-0.1, -0.05) is 35.9 Å². The van der Waals surface area contributed by atoms with Crippen molar-refractivity contribution in [1.82, 2.24) is 15.5 Å². The average Bonchev–Trinajstić information content (AvgIpc) is 3.16. The molecule has 0 spiro atoms. The van der Waals surface area contributed by atoms with Crippen molar-refractivity contribution in [2.75, 3.05) is 0 Å². The Morgan fingerprint density at radius 2 is 2.00 bits per heavy atom. The molecule has 2 aliphatic rings. The molecular formula is C22H18ClF2N3O4. The van der Waals surface area contributed by atoms with Gasteiger partial charge in [-0.05, 0) is 35.7 Å². The molecule has 1 fully saturated rings. The normalized spacial score (nSPS) is 25.1. The molecule has 2 N–H and O–H groups in total. The summed E-state index contributed by atoms with van der Waals surface area (Å²) in [6, 6.07) is 6.97. The number of halogens is 3. The van der Waals surface area contributed by atoms with Crippen LogP contribution < -0.4 is 10.6 Å². The van der Waals surface area contributed by atoms with Crippen LogP contribution in [-0.2, 0) is 33.4 Å². The summed E-state index contributed by atoms with van der Waals surface area (Å²) < 4.78 is 60.5. The largest absolute Gasteiger partial charge is 0.349 e. The number of piperidine rings is 1. The molecule has 3 unspecified atom stereocenters.